The van der Waals surface area contributed by atoms with Crippen molar-refractivity contribution in [2.24, 2.45) is 11.8 Å². The summed E-state index contributed by atoms with van der Waals surface area (Å²) in [6.07, 6.45) is 6.45. The Balaban J connectivity index is 1.34. The second kappa shape index (κ2) is 8.86. The van der Waals surface area contributed by atoms with Crippen molar-refractivity contribution in [3.8, 4) is 0 Å². The quantitative estimate of drug-likeness (QED) is 0.792. The highest BCUT2D eigenvalue weighted by atomic mass is 16.6. The van der Waals surface area contributed by atoms with Gasteiger partial charge in [-0.15, -0.1) is 0 Å². The summed E-state index contributed by atoms with van der Waals surface area (Å²) in [5, 5.41) is 3.29. The van der Waals surface area contributed by atoms with Gasteiger partial charge in [0.2, 0.25) is 0 Å². The molecule has 0 aromatic carbocycles. The zero-order valence-electron chi connectivity index (χ0n) is 17.5. The van der Waals surface area contributed by atoms with Gasteiger partial charge in [0.15, 0.2) is 0 Å². The Kier molecular flexibility index (Phi) is 6.45. The third-order valence-corrected chi connectivity index (χ3v) is 7.58. The summed E-state index contributed by atoms with van der Waals surface area (Å²) in [4.78, 5) is 15.1. The van der Waals surface area contributed by atoms with Crippen molar-refractivity contribution in [1.29, 1.82) is 0 Å². The lowest BCUT2D eigenvalue weighted by atomic mass is 9.69. The number of fused-ring (bicyclic) bond motifs is 2. The number of piperidine rings is 1. The minimum absolute atomic E-state index is 0.0777. The Morgan fingerprint density at radius 2 is 1.68 bits per heavy atom. The molecule has 4 fully saturated rings. The number of methoxy groups -OCH3 is 2. The van der Waals surface area contributed by atoms with E-state index in [9.17, 15) is 4.79 Å². The molecule has 7 heteroatoms. The van der Waals surface area contributed by atoms with E-state index in [0.29, 0.717) is 25.0 Å². The highest BCUT2D eigenvalue weighted by molar-refractivity contribution is 5.75. The van der Waals surface area contributed by atoms with Gasteiger partial charge in [0, 0.05) is 32.8 Å². The maximum Gasteiger partial charge on any atom is 0.317 e. The van der Waals surface area contributed by atoms with E-state index in [-0.39, 0.29) is 42.5 Å². The minimum atomic E-state index is 0.0777. The van der Waals surface area contributed by atoms with Gasteiger partial charge < -0.3 is 29.2 Å². The summed E-state index contributed by atoms with van der Waals surface area (Å²) in [5.41, 5.74) is 0. The number of hydrogen-bond donors (Lipinski definition) is 1. The molecule has 0 bridgehead atoms. The van der Waals surface area contributed by atoms with Gasteiger partial charge >= 0.3 is 6.03 Å². The van der Waals surface area contributed by atoms with Crippen LogP contribution in [0.25, 0.3) is 0 Å². The Morgan fingerprint density at radius 1 is 0.964 bits per heavy atom. The second-order valence-electron chi connectivity index (χ2n) is 8.94. The van der Waals surface area contributed by atoms with E-state index in [1.54, 1.807) is 14.2 Å². The van der Waals surface area contributed by atoms with Gasteiger partial charge in [-0.1, -0.05) is 0 Å². The second-order valence-corrected chi connectivity index (χ2v) is 8.94. The van der Waals surface area contributed by atoms with E-state index in [0.717, 1.165) is 45.1 Å². The molecule has 7 nitrogen and oxygen atoms in total. The van der Waals surface area contributed by atoms with Gasteiger partial charge in [-0.05, 0) is 57.3 Å². The van der Waals surface area contributed by atoms with Crippen LogP contribution in [0, 0.1) is 11.8 Å². The van der Waals surface area contributed by atoms with Crippen molar-refractivity contribution in [2.45, 2.75) is 81.9 Å². The average Bonchev–Trinajstić information content (AvgIpc) is 2.73. The van der Waals surface area contributed by atoms with Gasteiger partial charge in [0.05, 0.1) is 37.6 Å². The Bertz CT molecular complexity index is 547. The highest BCUT2D eigenvalue weighted by Gasteiger charge is 2.45. The number of carbonyl (C=O) groups excluding carboxylic acids is 1. The molecule has 0 radical (unpaired) electrons. The molecule has 2 saturated heterocycles. The summed E-state index contributed by atoms with van der Waals surface area (Å²) >= 11 is 0. The standard InChI is InChI=1S/C21H36N2O5/c1-13-16-12-19(26-3)18(25-2)10-14(16)6-7-23(13)21(24)22-15-4-5-17-20(11-15)28-9-8-27-17/h13-20H,4-12H2,1-3H3,(H,22,24)/t13-,14?,15?,16?,17?,18?,19?,20?/m1/s1. The van der Waals surface area contributed by atoms with E-state index in [4.69, 9.17) is 18.9 Å². The lowest BCUT2D eigenvalue weighted by molar-refractivity contribution is -0.157. The molecule has 2 aliphatic carbocycles. The van der Waals surface area contributed by atoms with Gasteiger partial charge in [-0.25, -0.2) is 4.79 Å². The van der Waals surface area contributed by atoms with Crippen molar-refractivity contribution in [3.05, 3.63) is 0 Å². The molecule has 8 atom stereocenters. The van der Waals surface area contributed by atoms with Crippen LogP contribution in [0.15, 0.2) is 0 Å². The predicted octanol–water partition coefficient (Wildman–Crippen LogP) is 2.18. The number of likely N-dealkylation sites (tertiary alicyclic amines) is 1. The fourth-order valence-corrected chi connectivity index (χ4v) is 5.94. The van der Waals surface area contributed by atoms with Crippen LogP contribution in [0.3, 0.4) is 0 Å². The third-order valence-electron chi connectivity index (χ3n) is 7.58. The van der Waals surface area contributed by atoms with E-state index in [1.165, 1.54) is 0 Å². The molecule has 1 N–H and O–H groups in total. The summed E-state index contributed by atoms with van der Waals surface area (Å²) in [7, 11) is 3.54. The maximum atomic E-state index is 13.1. The molecule has 2 amide bonds. The van der Waals surface area contributed by atoms with E-state index < -0.39 is 0 Å². The maximum absolute atomic E-state index is 13.1. The first kappa shape index (κ1) is 20.4. The van der Waals surface area contributed by atoms with Gasteiger partial charge in [0.1, 0.15) is 0 Å². The van der Waals surface area contributed by atoms with Crippen molar-refractivity contribution in [1.82, 2.24) is 10.2 Å². The van der Waals surface area contributed by atoms with E-state index in [1.807, 2.05) is 4.90 Å². The molecule has 2 saturated carbocycles. The zero-order valence-corrected chi connectivity index (χ0v) is 17.5. The number of ether oxygens (including phenoxy) is 4. The van der Waals surface area contributed by atoms with Crippen LogP contribution in [-0.4, -0.2) is 81.4 Å². The number of amides is 2. The number of nitrogens with one attached hydrogen (secondary N) is 1. The third kappa shape index (κ3) is 4.04. The molecule has 2 aliphatic heterocycles. The molecule has 2 heterocycles. The molecule has 4 aliphatic rings. The number of urea groups is 1. The molecule has 0 aromatic rings. The van der Waals surface area contributed by atoms with Crippen LogP contribution in [0.5, 0.6) is 0 Å². The Hall–Kier alpha value is -0.890. The van der Waals surface area contributed by atoms with Crippen LogP contribution in [0.4, 0.5) is 4.79 Å². The lowest BCUT2D eigenvalue weighted by Crippen LogP contribution is -2.59. The van der Waals surface area contributed by atoms with Crippen LogP contribution in [0.2, 0.25) is 0 Å². The highest BCUT2D eigenvalue weighted by Crippen LogP contribution is 2.41. The van der Waals surface area contributed by atoms with E-state index >= 15 is 0 Å². The molecule has 160 valence electrons. The monoisotopic (exact) mass is 396 g/mol. The largest absolute Gasteiger partial charge is 0.379 e. The van der Waals surface area contributed by atoms with Crippen molar-refractivity contribution in [3.63, 3.8) is 0 Å². The number of rotatable bonds is 3. The van der Waals surface area contributed by atoms with Crippen molar-refractivity contribution in [2.75, 3.05) is 34.0 Å². The van der Waals surface area contributed by atoms with Crippen molar-refractivity contribution < 1.29 is 23.7 Å². The zero-order chi connectivity index (χ0) is 19.7. The van der Waals surface area contributed by atoms with Crippen molar-refractivity contribution >= 4 is 6.03 Å². The first-order valence-electron chi connectivity index (χ1n) is 11.0. The molecular formula is C21H36N2O5. The normalized spacial score (nSPS) is 43.8. The van der Waals surface area contributed by atoms with Crippen LogP contribution in [-0.2, 0) is 18.9 Å². The summed E-state index contributed by atoms with van der Waals surface area (Å²) < 4.78 is 23.0. The van der Waals surface area contributed by atoms with E-state index in [2.05, 4.69) is 12.2 Å². The average molecular weight is 397 g/mol. The summed E-state index contributed by atoms with van der Waals surface area (Å²) in [6, 6.07) is 0.477. The molecule has 0 spiro atoms. The smallest absolute Gasteiger partial charge is 0.317 e. The Morgan fingerprint density at radius 3 is 2.43 bits per heavy atom. The fraction of sp³-hybridized carbons (Fsp3) is 0.952. The molecule has 7 unspecified atom stereocenters. The minimum Gasteiger partial charge on any atom is -0.379 e. The predicted molar refractivity (Wildman–Crippen MR) is 104 cm³/mol. The number of nitrogens with zero attached hydrogens (tertiary/aromatic N) is 1. The van der Waals surface area contributed by atoms with Gasteiger partial charge in [0.25, 0.3) is 0 Å². The summed E-state index contributed by atoms with van der Waals surface area (Å²) in [5.74, 6) is 1.08. The van der Waals surface area contributed by atoms with Crippen LogP contribution < -0.4 is 5.32 Å². The molecule has 4 rings (SSSR count). The van der Waals surface area contributed by atoms with Crippen LogP contribution in [0.1, 0.15) is 45.4 Å². The fourth-order valence-electron chi connectivity index (χ4n) is 5.94. The topological polar surface area (TPSA) is 69.3 Å². The number of carbonyl (C=O) groups is 1. The summed E-state index contributed by atoms with van der Waals surface area (Å²) in [6.45, 7) is 4.38. The van der Waals surface area contributed by atoms with Gasteiger partial charge in [-0.2, -0.15) is 0 Å². The SMILES string of the molecule is COC1CC2CCN(C(=O)NC3CCC4OCCOC4C3)[C@H](C)C2CC1OC. The first-order chi connectivity index (χ1) is 13.6. The number of hydrogen-bond acceptors (Lipinski definition) is 5. The van der Waals surface area contributed by atoms with Crippen LogP contribution >= 0.6 is 0 Å². The van der Waals surface area contributed by atoms with Gasteiger partial charge in [-0.3, -0.25) is 0 Å². The molecule has 0 aromatic heterocycles. The lowest BCUT2D eigenvalue weighted by Gasteiger charge is -2.50. The first-order valence-corrected chi connectivity index (χ1v) is 11.0. The Labute approximate surface area is 168 Å². The molecular weight excluding hydrogens is 360 g/mol. The molecule has 28 heavy (non-hydrogen) atoms.